The summed E-state index contributed by atoms with van der Waals surface area (Å²) < 4.78 is 26.6. The van der Waals surface area contributed by atoms with Gasteiger partial charge in [-0.05, 0) is 17.7 Å². The first-order valence-corrected chi connectivity index (χ1v) is 10.1. The van der Waals surface area contributed by atoms with Crippen molar-refractivity contribution in [2.75, 3.05) is 24.6 Å². The molecule has 0 saturated carbocycles. The van der Waals surface area contributed by atoms with Gasteiger partial charge < -0.3 is 10.3 Å². The van der Waals surface area contributed by atoms with Crippen LogP contribution < -0.4 is 5.32 Å². The fraction of sp³-hybridized carbons (Fsp3) is 0.333. The van der Waals surface area contributed by atoms with Crippen LogP contribution in [-0.2, 0) is 16.6 Å². The van der Waals surface area contributed by atoms with Crippen molar-refractivity contribution in [1.29, 1.82) is 0 Å². The molecule has 3 heterocycles. The minimum Gasteiger partial charge on any atom is -0.356 e. The quantitative estimate of drug-likeness (QED) is 0.826. The molecule has 0 atom stereocenters. The summed E-state index contributed by atoms with van der Waals surface area (Å²) in [4.78, 5) is 19.0. The van der Waals surface area contributed by atoms with Gasteiger partial charge in [0.2, 0.25) is 10.0 Å². The summed E-state index contributed by atoms with van der Waals surface area (Å²) in [6.45, 7) is 1.33. The number of hydrogen-bond acceptors (Lipinski definition) is 5. The van der Waals surface area contributed by atoms with E-state index in [0.717, 1.165) is 17.1 Å². The van der Waals surface area contributed by atoms with Gasteiger partial charge in [-0.2, -0.15) is 16.1 Å². The fourth-order valence-electron chi connectivity index (χ4n) is 2.37. The van der Waals surface area contributed by atoms with E-state index in [1.54, 1.807) is 30.2 Å². The number of sulfonamides is 1. The monoisotopic (exact) mass is 366 g/mol. The van der Waals surface area contributed by atoms with E-state index in [9.17, 15) is 13.2 Å². The second-order valence-electron chi connectivity index (χ2n) is 5.31. The number of pyridine rings is 1. The smallest absolute Gasteiger partial charge is 0.268 e. The lowest BCUT2D eigenvalue weighted by atomic mass is 10.3. The molecule has 0 unspecified atom stereocenters. The Balaban J connectivity index is 1.67. The summed E-state index contributed by atoms with van der Waals surface area (Å²) >= 11 is 1.74. The van der Waals surface area contributed by atoms with Crippen LogP contribution in [0.1, 0.15) is 16.1 Å². The summed E-state index contributed by atoms with van der Waals surface area (Å²) in [6, 6.07) is 5.03. The Kier molecular flexibility index (Phi) is 5.22. The van der Waals surface area contributed by atoms with Gasteiger partial charge in [-0.3, -0.25) is 9.78 Å². The van der Waals surface area contributed by atoms with Gasteiger partial charge in [-0.1, -0.05) is 6.07 Å². The minimum absolute atomic E-state index is 0.126. The number of nitrogens with one attached hydrogen (secondary N) is 2. The van der Waals surface area contributed by atoms with E-state index < -0.39 is 10.0 Å². The Morgan fingerprint density at radius 3 is 2.88 bits per heavy atom. The van der Waals surface area contributed by atoms with Crippen LogP contribution in [0.4, 0.5) is 0 Å². The van der Waals surface area contributed by atoms with Gasteiger partial charge in [-0.15, -0.1) is 0 Å². The minimum atomic E-state index is -3.54. The Morgan fingerprint density at radius 1 is 1.38 bits per heavy atom. The summed E-state index contributed by atoms with van der Waals surface area (Å²) in [6.07, 6.45) is 4.70. The molecule has 128 valence electrons. The molecule has 1 amide bonds. The zero-order valence-electron chi connectivity index (χ0n) is 12.9. The Labute approximate surface area is 144 Å². The number of thioether (sulfide) groups is 1. The number of H-pyrrole nitrogens is 1. The first-order chi connectivity index (χ1) is 11.6. The van der Waals surface area contributed by atoms with Gasteiger partial charge in [0, 0.05) is 49.7 Å². The van der Waals surface area contributed by atoms with Crippen molar-refractivity contribution >= 4 is 27.7 Å². The number of aromatic amines is 1. The number of rotatable bonds is 5. The first-order valence-electron chi connectivity index (χ1n) is 7.51. The molecule has 0 aromatic carbocycles. The molecule has 0 radical (unpaired) electrons. The average Bonchev–Trinajstić information content (AvgIpc) is 3.12. The number of nitrogens with zero attached hydrogens (tertiary/aromatic N) is 2. The van der Waals surface area contributed by atoms with Crippen molar-refractivity contribution in [3.63, 3.8) is 0 Å². The normalized spacial score (nSPS) is 16.0. The lowest BCUT2D eigenvalue weighted by Crippen LogP contribution is -2.37. The molecular formula is C15H18N4O3S2. The highest BCUT2D eigenvalue weighted by Gasteiger charge is 2.27. The number of amides is 1. The SMILES string of the molecule is O=C(NCc1cccnc1)c1cc(S(=O)(=O)N2CCSCC2)c[nH]1. The molecule has 1 aliphatic rings. The Morgan fingerprint density at radius 2 is 2.17 bits per heavy atom. The lowest BCUT2D eigenvalue weighted by Gasteiger charge is -2.24. The highest BCUT2D eigenvalue weighted by Crippen LogP contribution is 2.20. The average molecular weight is 366 g/mol. The van der Waals surface area contributed by atoms with E-state index in [1.165, 1.54) is 16.6 Å². The maximum atomic E-state index is 12.6. The number of carbonyl (C=O) groups is 1. The van der Waals surface area contributed by atoms with E-state index in [-0.39, 0.29) is 16.5 Å². The third-order valence-electron chi connectivity index (χ3n) is 3.68. The van der Waals surface area contributed by atoms with Crippen LogP contribution in [0.25, 0.3) is 0 Å². The number of hydrogen-bond donors (Lipinski definition) is 2. The molecule has 1 saturated heterocycles. The highest BCUT2D eigenvalue weighted by atomic mass is 32.2. The number of carbonyl (C=O) groups excluding carboxylic acids is 1. The number of aromatic nitrogens is 2. The van der Waals surface area contributed by atoms with Gasteiger partial charge in [-0.25, -0.2) is 8.42 Å². The van der Waals surface area contributed by atoms with Gasteiger partial charge in [0.1, 0.15) is 10.6 Å². The molecule has 1 fully saturated rings. The van der Waals surface area contributed by atoms with Crippen LogP contribution in [0.3, 0.4) is 0 Å². The Bertz CT molecular complexity index is 799. The van der Waals surface area contributed by atoms with Gasteiger partial charge in [0.15, 0.2) is 0 Å². The molecule has 0 aliphatic carbocycles. The van der Waals surface area contributed by atoms with Crippen LogP contribution in [0.15, 0.2) is 41.7 Å². The standard InChI is InChI=1S/C15H18N4O3S2/c20-15(18-10-12-2-1-3-16-9-12)14-8-13(11-17-14)24(21,22)19-4-6-23-7-5-19/h1-3,8-9,11,17H,4-7,10H2,(H,18,20). The zero-order valence-corrected chi connectivity index (χ0v) is 14.6. The van der Waals surface area contributed by atoms with Crippen LogP contribution >= 0.6 is 11.8 Å². The molecule has 1 aliphatic heterocycles. The summed E-state index contributed by atoms with van der Waals surface area (Å²) in [5.41, 5.74) is 1.10. The van der Waals surface area contributed by atoms with Crippen molar-refractivity contribution in [1.82, 2.24) is 19.6 Å². The van der Waals surface area contributed by atoms with Crippen molar-refractivity contribution in [2.24, 2.45) is 0 Å². The van der Waals surface area contributed by atoms with Gasteiger partial charge in [0.05, 0.1) is 0 Å². The van der Waals surface area contributed by atoms with Crippen molar-refractivity contribution in [3.05, 3.63) is 48.0 Å². The van der Waals surface area contributed by atoms with Crippen LogP contribution in [0, 0.1) is 0 Å². The summed E-state index contributed by atoms with van der Waals surface area (Å²) in [5.74, 6) is 1.24. The largest absolute Gasteiger partial charge is 0.356 e. The van der Waals surface area contributed by atoms with E-state index in [1.807, 2.05) is 6.07 Å². The van der Waals surface area contributed by atoms with Crippen molar-refractivity contribution in [3.8, 4) is 0 Å². The molecule has 0 spiro atoms. The molecule has 2 N–H and O–H groups in total. The summed E-state index contributed by atoms with van der Waals surface area (Å²) in [7, 11) is -3.54. The van der Waals surface area contributed by atoms with Crippen LogP contribution in [-0.4, -0.2) is 53.2 Å². The third kappa shape index (κ3) is 3.80. The molecule has 2 aromatic rings. The van der Waals surface area contributed by atoms with E-state index in [4.69, 9.17) is 0 Å². The topological polar surface area (TPSA) is 95.2 Å². The predicted octanol–water partition coefficient (Wildman–Crippen LogP) is 1.08. The molecule has 3 rings (SSSR count). The van der Waals surface area contributed by atoms with Gasteiger partial charge >= 0.3 is 0 Å². The van der Waals surface area contributed by atoms with E-state index in [2.05, 4.69) is 15.3 Å². The second kappa shape index (κ2) is 7.37. The molecule has 0 bridgehead atoms. The molecule has 7 nitrogen and oxygen atoms in total. The van der Waals surface area contributed by atoms with Gasteiger partial charge in [0.25, 0.3) is 5.91 Å². The highest BCUT2D eigenvalue weighted by molar-refractivity contribution is 7.99. The predicted molar refractivity (Wildman–Crippen MR) is 92.3 cm³/mol. The molecule has 2 aromatic heterocycles. The first kappa shape index (κ1) is 17.0. The summed E-state index contributed by atoms with van der Waals surface area (Å²) in [5, 5.41) is 2.74. The molecule has 24 heavy (non-hydrogen) atoms. The van der Waals surface area contributed by atoms with Crippen molar-refractivity contribution in [2.45, 2.75) is 11.4 Å². The third-order valence-corrected chi connectivity index (χ3v) is 6.50. The maximum Gasteiger partial charge on any atom is 0.268 e. The maximum absolute atomic E-state index is 12.6. The van der Waals surface area contributed by atoms with Crippen molar-refractivity contribution < 1.29 is 13.2 Å². The van der Waals surface area contributed by atoms with Crippen LogP contribution in [0.5, 0.6) is 0 Å². The van der Waals surface area contributed by atoms with E-state index in [0.29, 0.717) is 19.6 Å². The zero-order chi connectivity index (χ0) is 17.0. The van der Waals surface area contributed by atoms with Crippen LogP contribution in [0.2, 0.25) is 0 Å². The molecular weight excluding hydrogens is 348 g/mol. The molecule has 9 heteroatoms. The second-order valence-corrected chi connectivity index (χ2v) is 8.47. The lowest BCUT2D eigenvalue weighted by molar-refractivity contribution is 0.0946. The Hall–Kier alpha value is -1.84. The van der Waals surface area contributed by atoms with E-state index >= 15 is 0 Å². The fourth-order valence-corrected chi connectivity index (χ4v) is 4.94.